The summed E-state index contributed by atoms with van der Waals surface area (Å²) < 4.78 is 0. The van der Waals surface area contributed by atoms with E-state index in [1.165, 1.54) is 18.3 Å². The minimum absolute atomic E-state index is 0.00998. The number of nitrogens with zero attached hydrogens (tertiary/aromatic N) is 1. The van der Waals surface area contributed by atoms with Gasteiger partial charge in [0.2, 0.25) is 0 Å². The minimum Gasteiger partial charge on any atom is -0.508 e. The highest BCUT2D eigenvalue weighted by atomic mass is 35.5. The second-order valence-corrected chi connectivity index (χ2v) is 4.70. The van der Waals surface area contributed by atoms with Crippen molar-refractivity contribution < 1.29 is 9.90 Å². The van der Waals surface area contributed by atoms with E-state index in [9.17, 15) is 9.90 Å². The molecule has 0 radical (unpaired) electrons. The molecule has 20 heavy (non-hydrogen) atoms. The van der Waals surface area contributed by atoms with Gasteiger partial charge in [-0.1, -0.05) is 35.3 Å². The van der Waals surface area contributed by atoms with Crippen LogP contribution in [0.3, 0.4) is 0 Å². The average molecular weight is 309 g/mol. The Kier molecular flexibility index (Phi) is 4.61. The molecule has 102 valence electrons. The zero-order valence-electron chi connectivity index (χ0n) is 10.2. The van der Waals surface area contributed by atoms with Crippen LogP contribution in [0.15, 0.2) is 47.6 Å². The smallest absolute Gasteiger partial charge is 0.271 e. The molecule has 0 aliphatic carbocycles. The van der Waals surface area contributed by atoms with Gasteiger partial charge in [-0.05, 0) is 30.3 Å². The van der Waals surface area contributed by atoms with Crippen LogP contribution in [0.2, 0.25) is 10.0 Å². The summed E-state index contributed by atoms with van der Waals surface area (Å²) in [7, 11) is 0. The van der Waals surface area contributed by atoms with Crippen molar-refractivity contribution in [3.05, 3.63) is 63.6 Å². The Morgan fingerprint density at radius 1 is 1.15 bits per heavy atom. The summed E-state index contributed by atoms with van der Waals surface area (Å²) in [6.45, 7) is 0. The summed E-state index contributed by atoms with van der Waals surface area (Å²) in [6, 6.07) is 11.0. The van der Waals surface area contributed by atoms with E-state index in [0.717, 1.165) is 0 Å². The van der Waals surface area contributed by atoms with E-state index in [-0.39, 0.29) is 5.75 Å². The average Bonchev–Trinajstić information content (AvgIpc) is 2.42. The van der Waals surface area contributed by atoms with Gasteiger partial charge in [0.05, 0.1) is 16.3 Å². The zero-order chi connectivity index (χ0) is 14.5. The lowest BCUT2D eigenvalue weighted by Crippen LogP contribution is -2.17. The first-order valence-corrected chi connectivity index (χ1v) is 6.40. The largest absolute Gasteiger partial charge is 0.508 e. The van der Waals surface area contributed by atoms with Crippen molar-refractivity contribution in [2.24, 2.45) is 5.10 Å². The summed E-state index contributed by atoms with van der Waals surface area (Å²) in [5, 5.41) is 14.0. The predicted molar refractivity (Wildman–Crippen MR) is 79.6 cm³/mol. The van der Waals surface area contributed by atoms with Crippen molar-refractivity contribution in [3.8, 4) is 5.75 Å². The molecule has 0 unspecified atom stereocenters. The molecule has 0 fully saturated rings. The Hall–Kier alpha value is -2.04. The highest BCUT2D eigenvalue weighted by Gasteiger charge is 2.05. The second kappa shape index (κ2) is 6.41. The number of amides is 1. The molecule has 0 saturated carbocycles. The summed E-state index contributed by atoms with van der Waals surface area (Å²) in [5.41, 5.74) is 3.15. The number of halogens is 2. The van der Waals surface area contributed by atoms with Gasteiger partial charge in [0, 0.05) is 11.1 Å². The number of hydrazone groups is 1. The molecule has 0 aliphatic rings. The molecule has 2 aromatic carbocycles. The zero-order valence-corrected chi connectivity index (χ0v) is 11.7. The van der Waals surface area contributed by atoms with E-state index in [1.54, 1.807) is 30.3 Å². The number of hydrogen-bond donors (Lipinski definition) is 2. The monoisotopic (exact) mass is 308 g/mol. The lowest BCUT2D eigenvalue weighted by atomic mass is 10.2. The summed E-state index contributed by atoms with van der Waals surface area (Å²) in [4.78, 5) is 11.8. The van der Waals surface area contributed by atoms with Gasteiger partial charge in [-0.25, -0.2) is 5.43 Å². The van der Waals surface area contributed by atoms with Gasteiger partial charge < -0.3 is 5.11 Å². The van der Waals surface area contributed by atoms with Crippen LogP contribution in [0.4, 0.5) is 0 Å². The molecular weight excluding hydrogens is 299 g/mol. The Labute approximate surface area is 125 Å². The molecule has 0 atom stereocenters. The van der Waals surface area contributed by atoms with Crippen LogP contribution in [-0.2, 0) is 0 Å². The van der Waals surface area contributed by atoms with Crippen molar-refractivity contribution in [2.75, 3.05) is 0 Å². The third-order valence-corrected chi connectivity index (χ3v) is 3.13. The number of nitrogens with one attached hydrogen (secondary N) is 1. The fourth-order valence-electron chi connectivity index (χ4n) is 1.50. The van der Waals surface area contributed by atoms with Gasteiger partial charge in [0.15, 0.2) is 0 Å². The number of carbonyl (C=O) groups is 1. The third-order valence-electron chi connectivity index (χ3n) is 2.47. The quantitative estimate of drug-likeness (QED) is 0.674. The van der Waals surface area contributed by atoms with Crippen molar-refractivity contribution in [1.82, 2.24) is 5.43 Å². The van der Waals surface area contributed by atoms with Crippen LogP contribution in [0.1, 0.15) is 15.9 Å². The molecule has 6 heteroatoms. The summed E-state index contributed by atoms with van der Waals surface area (Å²) in [6.07, 6.45) is 1.37. The highest BCUT2D eigenvalue weighted by molar-refractivity contribution is 6.38. The SMILES string of the molecule is O=C(N/N=C/c1c(Cl)cccc1Cl)c1cccc(O)c1. The molecule has 0 heterocycles. The number of carbonyl (C=O) groups excluding carboxylic acids is 1. The van der Waals surface area contributed by atoms with Gasteiger partial charge in [-0.3, -0.25) is 4.79 Å². The Balaban J connectivity index is 2.09. The van der Waals surface area contributed by atoms with Gasteiger partial charge in [0.25, 0.3) is 5.91 Å². The number of rotatable bonds is 3. The summed E-state index contributed by atoms with van der Waals surface area (Å²) >= 11 is 11.9. The number of phenolic OH excluding ortho intramolecular Hbond substituents is 1. The first-order chi connectivity index (χ1) is 9.58. The maximum Gasteiger partial charge on any atom is 0.271 e. The Morgan fingerprint density at radius 3 is 2.45 bits per heavy atom. The van der Waals surface area contributed by atoms with Gasteiger partial charge >= 0.3 is 0 Å². The van der Waals surface area contributed by atoms with E-state index in [1.807, 2.05) is 0 Å². The van der Waals surface area contributed by atoms with E-state index in [0.29, 0.717) is 21.2 Å². The van der Waals surface area contributed by atoms with E-state index in [2.05, 4.69) is 10.5 Å². The fourth-order valence-corrected chi connectivity index (χ4v) is 2.00. The van der Waals surface area contributed by atoms with Crippen molar-refractivity contribution in [3.63, 3.8) is 0 Å². The van der Waals surface area contributed by atoms with Crippen molar-refractivity contribution >= 4 is 35.3 Å². The van der Waals surface area contributed by atoms with Crippen LogP contribution < -0.4 is 5.43 Å². The molecule has 0 aliphatic heterocycles. The normalized spacial score (nSPS) is 10.7. The number of aromatic hydroxyl groups is 1. The van der Waals surface area contributed by atoms with E-state index >= 15 is 0 Å². The topological polar surface area (TPSA) is 61.7 Å². The third kappa shape index (κ3) is 3.50. The maximum absolute atomic E-state index is 11.8. The molecule has 0 bridgehead atoms. The van der Waals surface area contributed by atoms with Crippen LogP contribution in [-0.4, -0.2) is 17.2 Å². The molecule has 0 spiro atoms. The van der Waals surface area contributed by atoms with Crippen LogP contribution >= 0.6 is 23.2 Å². The number of benzene rings is 2. The molecule has 2 aromatic rings. The standard InChI is InChI=1S/C14H10Cl2N2O2/c15-12-5-2-6-13(16)11(12)8-17-18-14(20)9-3-1-4-10(19)7-9/h1-8,19H,(H,18,20)/b17-8+. The van der Waals surface area contributed by atoms with Gasteiger partial charge in [0.1, 0.15) is 5.75 Å². The highest BCUT2D eigenvalue weighted by Crippen LogP contribution is 2.22. The Morgan fingerprint density at radius 2 is 1.80 bits per heavy atom. The van der Waals surface area contributed by atoms with E-state index in [4.69, 9.17) is 23.2 Å². The summed E-state index contributed by atoms with van der Waals surface area (Å²) in [5.74, 6) is -0.434. The molecule has 2 N–H and O–H groups in total. The van der Waals surface area contributed by atoms with Crippen molar-refractivity contribution in [2.45, 2.75) is 0 Å². The van der Waals surface area contributed by atoms with Gasteiger partial charge in [-0.15, -0.1) is 0 Å². The van der Waals surface area contributed by atoms with Crippen LogP contribution in [0.25, 0.3) is 0 Å². The first-order valence-electron chi connectivity index (χ1n) is 5.64. The molecular formula is C14H10Cl2N2O2. The molecule has 1 amide bonds. The molecule has 2 rings (SSSR count). The first kappa shape index (κ1) is 14.4. The lowest BCUT2D eigenvalue weighted by Gasteiger charge is -2.02. The van der Waals surface area contributed by atoms with E-state index < -0.39 is 5.91 Å². The molecule has 0 saturated heterocycles. The number of hydrogen-bond acceptors (Lipinski definition) is 3. The van der Waals surface area contributed by atoms with Crippen molar-refractivity contribution in [1.29, 1.82) is 0 Å². The van der Waals surface area contributed by atoms with Crippen LogP contribution in [0.5, 0.6) is 5.75 Å². The minimum atomic E-state index is -0.444. The molecule has 0 aromatic heterocycles. The maximum atomic E-state index is 11.8. The molecule has 4 nitrogen and oxygen atoms in total. The Bertz CT molecular complexity index is 652. The lowest BCUT2D eigenvalue weighted by molar-refractivity contribution is 0.0954. The van der Waals surface area contributed by atoms with Crippen LogP contribution in [0, 0.1) is 0 Å². The second-order valence-electron chi connectivity index (χ2n) is 3.88. The fraction of sp³-hybridized carbons (Fsp3) is 0. The predicted octanol–water partition coefficient (Wildman–Crippen LogP) is 3.46. The number of phenols is 1. The van der Waals surface area contributed by atoms with Gasteiger partial charge in [-0.2, -0.15) is 5.10 Å².